The van der Waals surface area contributed by atoms with E-state index in [0.717, 1.165) is 69.8 Å². The molecule has 0 aromatic carbocycles. The molecule has 4 fully saturated rings. The van der Waals surface area contributed by atoms with Crippen molar-refractivity contribution in [2.75, 3.05) is 75.9 Å². The number of nitrogens with zero attached hydrogens (tertiary/aromatic N) is 3. The molecule has 4 rings (SSSR count). The molecule has 4 aliphatic heterocycles. The molecule has 4 aliphatic rings. The molecule has 0 bridgehead atoms. The van der Waals surface area contributed by atoms with Gasteiger partial charge in [0.15, 0.2) is 19.7 Å². The normalized spacial score (nSPS) is 18.7. The van der Waals surface area contributed by atoms with Crippen LogP contribution < -0.4 is 5.32 Å². The monoisotopic (exact) mass is 1060 g/mol. The van der Waals surface area contributed by atoms with Crippen molar-refractivity contribution in [2.24, 2.45) is 0 Å². The van der Waals surface area contributed by atoms with Crippen LogP contribution in [0.5, 0.6) is 0 Å². The molecule has 3 amide bonds. The molecule has 67 heavy (non-hydrogen) atoms. The van der Waals surface area contributed by atoms with Crippen molar-refractivity contribution in [3.8, 4) is 0 Å². The molecular formula is C45H89ClN4O13S4. The van der Waals surface area contributed by atoms with E-state index < -0.39 is 41.0 Å². The molecule has 0 radical (unpaired) electrons. The van der Waals surface area contributed by atoms with Crippen LogP contribution in [0.4, 0.5) is 14.4 Å². The number of halogens is 1. The van der Waals surface area contributed by atoms with Gasteiger partial charge in [0.1, 0.15) is 16.8 Å². The number of likely N-dealkylation sites (tertiary alicyclic amines) is 3. The van der Waals surface area contributed by atoms with Gasteiger partial charge in [-0.05, 0) is 152 Å². The minimum atomic E-state index is -3.42. The lowest BCUT2D eigenvalue weighted by Crippen LogP contribution is -2.45. The zero-order valence-corrected chi connectivity index (χ0v) is 47.1. The first kappa shape index (κ1) is 65.2. The van der Waals surface area contributed by atoms with Crippen LogP contribution in [0.25, 0.3) is 0 Å². The first-order valence-electron chi connectivity index (χ1n) is 23.9. The van der Waals surface area contributed by atoms with Crippen LogP contribution in [0.1, 0.15) is 154 Å². The second-order valence-corrected chi connectivity index (χ2v) is 28.2. The van der Waals surface area contributed by atoms with E-state index in [9.17, 15) is 39.6 Å². The molecule has 1 N–H and O–H groups in total. The van der Waals surface area contributed by atoms with E-state index in [1.807, 2.05) is 92.8 Å². The molecule has 398 valence electrons. The summed E-state index contributed by atoms with van der Waals surface area (Å²) in [5.74, 6) is 1.83. The van der Waals surface area contributed by atoms with E-state index in [4.69, 9.17) is 18.4 Å². The Hall–Kier alpha value is -1.78. The molecule has 22 heteroatoms. The summed E-state index contributed by atoms with van der Waals surface area (Å²) in [6.07, 6.45) is 8.29. The fourth-order valence-electron chi connectivity index (χ4n) is 7.31. The van der Waals surface area contributed by atoms with E-state index in [-0.39, 0.29) is 58.6 Å². The maximum absolute atomic E-state index is 12.0. The number of hydrogen-bond acceptors (Lipinski definition) is 15. The number of amides is 3. The van der Waals surface area contributed by atoms with E-state index in [0.29, 0.717) is 64.0 Å². The highest BCUT2D eigenvalue weighted by atomic mass is 35.5. The highest BCUT2D eigenvalue weighted by molar-refractivity contribution is 7.99. The third-order valence-electron chi connectivity index (χ3n) is 10.4. The van der Waals surface area contributed by atoms with Crippen molar-refractivity contribution >= 4 is 72.2 Å². The summed E-state index contributed by atoms with van der Waals surface area (Å²) in [4.78, 5) is 40.5. The van der Waals surface area contributed by atoms with Gasteiger partial charge in [0.2, 0.25) is 0 Å². The second kappa shape index (κ2) is 30.2. The van der Waals surface area contributed by atoms with Crippen molar-refractivity contribution in [1.29, 1.82) is 0 Å². The average molecular weight is 1060 g/mol. The van der Waals surface area contributed by atoms with Crippen molar-refractivity contribution in [3.63, 3.8) is 0 Å². The SMILES string of the molecule is CC(C)(C)OC(=O)N1CCC(OS(C)(=O)=O)CC1.CCCS(=O)(=O)C1CCN(C(=O)OC(C)(C)C)CC1.CCCS(=O)(=O)C1CCNCC1.CCCSC1CCN(C(=O)OC(C)(C)C)CC1.Cl. The van der Waals surface area contributed by atoms with Gasteiger partial charge < -0.3 is 34.2 Å². The summed E-state index contributed by atoms with van der Waals surface area (Å²) in [7, 11) is -9.19. The van der Waals surface area contributed by atoms with Crippen LogP contribution in [-0.4, -0.2) is 173 Å². The first-order chi connectivity index (χ1) is 30.3. The highest BCUT2D eigenvalue weighted by Crippen LogP contribution is 2.26. The molecule has 4 saturated heterocycles. The lowest BCUT2D eigenvalue weighted by Gasteiger charge is -2.33. The summed E-state index contributed by atoms with van der Waals surface area (Å²) >= 11 is 2.05. The number of ether oxygens (including phenoxy) is 3. The van der Waals surface area contributed by atoms with E-state index in [1.54, 1.807) is 9.80 Å². The number of carbonyl (C=O) groups is 3. The molecule has 0 saturated carbocycles. The fourth-order valence-corrected chi connectivity index (χ4v) is 12.8. The quantitative estimate of drug-likeness (QED) is 0.153. The summed E-state index contributed by atoms with van der Waals surface area (Å²) < 4.78 is 89.8. The molecule has 17 nitrogen and oxygen atoms in total. The Kier molecular flexibility index (Phi) is 29.4. The van der Waals surface area contributed by atoms with E-state index in [1.165, 1.54) is 12.2 Å². The van der Waals surface area contributed by atoms with Crippen LogP contribution >= 0.6 is 24.2 Å². The summed E-state index contributed by atoms with van der Waals surface area (Å²) in [5.41, 5.74) is -1.41. The van der Waals surface area contributed by atoms with Gasteiger partial charge in [-0.25, -0.2) is 31.2 Å². The third-order valence-corrected chi connectivity index (χ3v) is 17.6. The number of hydrogen-bond donors (Lipinski definition) is 1. The van der Waals surface area contributed by atoms with Crippen LogP contribution in [-0.2, 0) is 48.2 Å². The highest BCUT2D eigenvalue weighted by Gasteiger charge is 2.33. The molecule has 4 heterocycles. The molecule has 0 atom stereocenters. The Labute approximate surface area is 416 Å². The standard InChI is InChI=1S/C13H25NO4S.C13H25NO2S.C11H21NO5S.C8H17NO2S.ClH/c1-5-10-19(16,17)11-6-8-14(9-7-11)12(15)18-13(2,3)4;1-5-10-17-11-6-8-14(9-7-11)12(15)16-13(2,3)4;1-11(2,3)16-10(13)12-7-5-9(6-8-12)17-18(4,14)15;1-2-7-12(10,11)8-3-5-9-6-4-8;/h11H,5-10H2,1-4H3;11H,5-10H2,1-4H3;9H,5-8H2,1-4H3;8-9H,2-7H2,1H3;1H. The van der Waals surface area contributed by atoms with Gasteiger partial charge in [0.25, 0.3) is 10.1 Å². The van der Waals surface area contributed by atoms with Gasteiger partial charge in [0.05, 0.1) is 34.4 Å². The maximum atomic E-state index is 12.0. The van der Waals surface area contributed by atoms with Crippen LogP contribution in [0.2, 0.25) is 0 Å². The molecule has 0 aromatic heterocycles. The predicted octanol–water partition coefficient (Wildman–Crippen LogP) is 8.09. The number of nitrogens with one attached hydrogen (secondary N) is 1. The van der Waals surface area contributed by atoms with Gasteiger partial charge >= 0.3 is 18.3 Å². The van der Waals surface area contributed by atoms with Crippen LogP contribution in [0.3, 0.4) is 0 Å². The van der Waals surface area contributed by atoms with E-state index >= 15 is 0 Å². The largest absolute Gasteiger partial charge is 0.444 e. The Morgan fingerprint density at radius 1 is 0.537 bits per heavy atom. The smallest absolute Gasteiger partial charge is 0.410 e. The number of piperidine rings is 4. The summed E-state index contributed by atoms with van der Waals surface area (Å²) in [5, 5.41) is 3.52. The van der Waals surface area contributed by atoms with E-state index in [2.05, 4.69) is 12.2 Å². The van der Waals surface area contributed by atoms with Crippen molar-refractivity contribution in [1.82, 2.24) is 20.0 Å². The Morgan fingerprint density at radius 3 is 1.18 bits per heavy atom. The fraction of sp³-hybridized carbons (Fsp3) is 0.933. The number of thioether (sulfide) groups is 1. The lowest BCUT2D eigenvalue weighted by atomic mass is 10.1. The zero-order chi connectivity index (χ0) is 50.6. The first-order valence-corrected chi connectivity index (χ1v) is 30.2. The molecular weight excluding hydrogens is 968 g/mol. The number of rotatable bonds is 11. The average Bonchev–Trinajstić information content (AvgIpc) is 3.19. The second-order valence-electron chi connectivity index (χ2n) is 20.4. The Bertz CT molecular complexity index is 1770. The van der Waals surface area contributed by atoms with Gasteiger partial charge in [0, 0.05) is 44.5 Å². The molecule has 0 aliphatic carbocycles. The van der Waals surface area contributed by atoms with Crippen molar-refractivity contribution in [2.45, 2.75) is 192 Å². The van der Waals surface area contributed by atoms with Crippen molar-refractivity contribution < 1.29 is 58.0 Å². The topological polar surface area (TPSA) is 212 Å². The number of sulfone groups is 2. The lowest BCUT2D eigenvalue weighted by molar-refractivity contribution is 0.0131. The van der Waals surface area contributed by atoms with Gasteiger partial charge in [-0.3, -0.25) is 4.18 Å². The van der Waals surface area contributed by atoms with Crippen LogP contribution in [0.15, 0.2) is 0 Å². The molecule has 0 unspecified atom stereocenters. The Balaban J connectivity index is 0.000000872. The predicted molar refractivity (Wildman–Crippen MR) is 272 cm³/mol. The molecule has 0 aromatic rings. The summed E-state index contributed by atoms with van der Waals surface area (Å²) in [6.45, 7) is 27.9. The third kappa shape index (κ3) is 29.2. The zero-order valence-electron chi connectivity index (χ0n) is 43.1. The van der Waals surface area contributed by atoms with Gasteiger partial charge in [-0.15, -0.1) is 12.4 Å². The van der Waals surface area contributed by atoms with Gasteiger partial charge in [-0.1, -0.05) is 20.8 Å². The maximum Gasteiger partial charge on any atom is 0.410 e. The Morgan fingerprint density at radius 2 is 0.866 bits per heavy atom. The summed E-state index contributed by atoms with van der Waals surface area (Å²) in [6, 6.07) is 0. The minimum Gasteiger partial charge on any atom is -0.444 e. The van der Waals surface area contributed by atoms with Gasteiger partial charge in [-0.2, -0.15) is 20.2 Å². The number of carbonyl (C=O) groups excluding carboxylic acids is 3. The minimum absolute atomic E-state index is 0. The molecule has 0 spiro atoms. The van der Waals surface area contributed by atoms with Crippen LogP contribution in [0, 0.1) is 0 Å². The van der Waals surface area contributed by atoms with Crippen molar-refractivity contribution in [3.05, 3.63) is 0 Å².